The molecule has 2 atom stereocenters. The zero-order valence-electron chi connectivity index (χ0n) is 13.7. The number of amides is 2. The number of nitrogens with zero attached hydrogens (tertiary/aromatic N) is 1. The number of piperidine rings is 1. The maximum Gasteiger partial charge on any atom is 0.251 e. The average Bonchev–Trinajstić information content (AvgIpc) is 2.52. The highest BCUT2D eigenvalue weighted by Crippen LogP contribution is 2.18. The second-order valence-electron chi connectivity index (χ2n) is 5.57. The van der Waals surface area contributed by atoms with E-state index in [9.17, 15) is 9.59 Å². The van der Waals surface area contributed by atoms with Crippen LogP contribution in [0.5, 0.6) is 0 Å². The van der Waals surface area contributed by atoms with Crippen LogP contribution >= 0.6 is 12.4 Å². The zero-order chi connectivity index (χ0) is 15.7. The molecule has 1 aliphatic heterocycles. The minimum Gasteiger partial charge on any atom is -0.369 e. The molecule has 7 heteroatoms. The first-order valence-electron chi connectivity index (χ1n) is 7.98. The fourth-order valence-corrected chi connectivity index (χ4v) is 2.46. The Bertz CT molecular complexity index is 342. The van der Waals surface area contributed by atoms with E-state index in [1.165, 1.54) is 0 Å². The summed E-state index contributed by atoms with van der Waals surface area (Å²) in [4.78, 5) is 26.1. The van der Waals surface area contributed by atoms with Gasteiger partial charge in [-0.25, -0.2) is 0 Å². The van der Waals surface area contributed by atoms with Gasteiger partial charge in [0.25, 0.3) is 5.91 Å². The van der Waals surface area contributed by atoms with Crippen molar-refractivity contribution in [2.75, 3.05) is 32.8 Å². The summed E-state index contributed by atoms with van der Waals surface area (Å²) >= 11 is 0. The lowest BCUT2D eigenvalue weighted by Crippen LogP contribution is -2.49. The van der Waals surface area contributed by atoms with Crippen molar-refractivity contribution in [2.45, 2.75) is 45.6 Å². The molecule has 0 saturated carbocycles. The number of rotatable bonds is 8. The predicted octanol–water partition coefficient (Wildman–Crippen LogP) is 0.927. The van der Waals surface area contributed by atoms with Gasteiger partial charge in [0.15, 0.2) is 0 Å². The Hall–Kier alpha value is -0.850. The molecule has 0 aromatic heterocycles. The fourth-order valence-electron chi connectivity index (χ4n) is 2.46. The minimum absolute atomic E-state index is 0. The van der Waals surface area contributed by atoms with Gasteiger partial charge in [0.1, 0.15) is 6.10 Å². The number of hydrogen-bond acceptors (Lipinski definition) is 4. The summed E-state index contributed by atoms with van der Waals surface area (Å²) in [6, 6.07) is 0. The summed E-state index contributed by atoms with van der Waals surface area (Å²) in [6.07, 6.45) is 3.26. The maximum absolute atomic E-state index is 12.3. The SMILES string of the molecule is CCCCOC(C)C(=O)N1CCCC(C(=O)NCCN)C1.Cl. The smallest absolute Gasteiger partial charge is 0.251 e. The van der Waals surface area contributed by atoms with E-state index in [4.69, 9.17) is 10.5 Å². The number of likely N-dealkylation sites (tertiary alicyclic amines) is 1. The predicted molar refractivity (Wildman–Crippen MR) is 88.9 cm³/mol. The van der Waals surface area contributed by atoms with E-state index in [0.29, 0.717) is 32.8 Å². The number of nitrogens with one attached hydrogen (secondary N) is 1. The largest absolute Gasteiger partial charge is 0.369 e. The molecule has 0 aliphatic carbocycles. The summed E-state index contributed by atoms with van der Waals surface area (Å²) in [5, 5.41) is 2.80. The minimum atomic E-state index is -0.428. The molecular formula is C15H30ClN3O3. The third kappa shape index (κ3) is 6.94. The second-order valence-corrected chi connectivity index (χ2v) is 5.57. The first-order valence-corrected chi connectivity index (χ1v) is 7.98. The molecule has 130 valence electrons. The number of hydrogen-bond donors (Lipinski definition) is 2. The van der Waals surface area contributed by atoms with Crippen LogP contribution in [0.1, 0.15) is 39.5 Å². The Morgan fingerprint density at radius 3 is 2.82 bits per heavy atom. The first kappa shape index (κ1) is 21.1. The van der Waals surface area contributed by atoms with E-state index < -0.39 is 6.10 Å². The van der Waals surface area contributed by atoms with Gasteiger partial charge in [0.2, 0.25) is 5.91 Å². The van der Waals surface area contributed by atoms with Crippen molar-refractivity contribution in [3.8, 4) is 0 Å². The fraction of sp³-hybridized carbons (Fsp3) is 0.867. The molecule has 1 fully saturated rings. The third-order valence-electron chi connectivity index (χ3n) is 3.76. The van der Waals surface area contributed by atoms with Gasteiger partial charge in [-0.3, -0.25) is 9.59 Å². The molecular weight excluding hydrogens is 306 g/mol. The highest BCUT2D eigenvalue weighted by Gasteiger charge is 2.30. The van der Waals surface area contributed by atoms with Crippen LogP contribution in [-0.4, -0.2) is 55.6 Å². The van der Waals surface area contributed by atoms with Crippen molar-refractivity contribution in [3.63, 3.8) is 0 Å². The van der Waals surface area contributed by atoms with E-state index in [-0.39, 0.29) is 30.1 Å². The van der Waals surface area contributed by atoms with E-state index in [2.05, 4.69) is 12.2 Å². The Morgan fingerprint density at radius 2 is 2.18 bits per heavy atom. The Morgan fingerprint density at radius 1 is 1.45 bits per heavy atom. The molecule has 3 N–H and O–H groups in total. The molecule has 2 amide bonds. The number of ether oxygens (including phenoxy) is 1. The number of carbonyl (C=O) groups excluding carboxylic acids is 2. The summed E-state index contributed by atoms with van der Waals surface area (Å²) in [6.45, 7) is 6.60. The van der Waals surface area contributed by atoms with Crippen molar-refractivity contribution < 1.29 is 14.3 Å². The van der Waals surface area contributed by atoms with Crippen molar-refractivity contribution in [3.05, 3.63) is 0 Å². The average molecular weight is 336 g/mol. The Kier molecular flexibility index (Phi) is 11.2. The molecule has 0 aromatic carbocycles. The van der Waals surface area contributed by atoms with Crippen LogP contribution in [0, 0.1) is 5.92 Å². The topological polar surface area (TPSA) is 84.7 Å². The molecule has 1 aliphatic rings. The quantitative estimate of drug-likeness (QED) is 0.646. The van der Waals surface area contributed by atoms with Gasteiger partial charge >= 0.3 is 0 Å². The van der Waals surface area contributed by atoms with Gasteiger partial charge in [-0.2, -0.15) is 0 Å². The molecule has 0 bridgehead atoms. The van der Waals surface area contributed by atoms with E-state index in [0.717, 1.165) is 25.7 Å². The summed E-state index contributed by atoms with van der Waals surface area (Å²) in [5.74, 6) is -0.142. The number of halogens is 1. The Labute approximate surface area is 139 Å². The number of nitrogens with two attached hydrogens (primary N) is 1. The molecule has 22 heavy (non-hydrogen) atoms. The Balaban J connectivity index is 0.00000441. The van der Waals surface area contributed by atoms with Crippen LogP contribution in [0.3, 0.4) is 0 Å². The van der Waals surface area contributed by atoms with E-state index >= 15 is 0 Å². The standard InChI is InChI=1S/C15H29N3O3.ClH/c1-3-4-10-21-12(2)15(20)18-9-5-6-13(11-18)14(19)17-8-7-16;/h12-13H,3-11,16H2,1-2H3,(H,17,19);1H. The summed E-state index contributed by atoms with van der Waals surface area (Å²) in [5.41, 5.74) is 5.38. The van der Waals surface area contributed by atoms with Crippen LogP contribution < -0.4 is 11.1 Å². The lowest BCUT2D eigenvalue weighted by atomic mass is 9.96. The summed E-state index contributed by atoms with van der Waals surface area (Å²) in [7, 11) is 0. The monoisotopic (exact) mass is 335 g/mol. The molecule has 0 radical (unpaired) electrons. The van der Waals surface area contributed by atoms with Gasteiger partial charge in [0, 0.05) is 32.8 Å². The number of carbonyl (C=O) groups is 2. The van der Waals surface area contributed by atoms with Crippen molar-refractivity contribution in [2.24, 2.45) is 11.7 Å². The van der Waals surface area contributed by atoms with Gasteiger partial charge in [0.05, 0.1) is 5.92 Å². The van der Waals surface area contributed by atoms with Crippen molar-refractivity contribution >= 4 is 24.2 Å². The summed E-state index contributed by atoms with van der Waals surface area (Å²) < 4.78 is 5.55. The molecule has 1 rings (SSSR count). The molecule has 0 aromatic rings. The lowest BCUT2D eigenvalue weighted by molar-refractivity contribution is -0.145. The first-order chi connectivity index (χ1) is 10.1. The van der Waals surface area contributed by atoms with Crippen molar-refractivity contribution in [1.82, 2.24) is 10.2 Å². The van der Waals surface area contributed by atoms with Crippen LogP contribution in [-0.2, 0) is 14.3 Å². The van der Waals surface area contributed by atoms with Gasteiger partial charge in [-0.05, 0) is 26.2 Å². The van der Waals surface area contributed by atoms with Crippen LogP contribution in [0.4, 0.5) is 0 Å². The highest BCUT2D eigenvalue weighted by atomic mass is 35.5. The maximum atomic E-state index is 12.3. The lowest BCUT2D eigenvalue weighted by Gasteiger charge is -2.33. The van der Waals surface area contributed by atoms with Crippen LogP contribution in [0.15, 0.2) is 0 Å². The van der Waals surface area contributed by atoms with E-state index in [1.807, 2.05) is 0 Å². The molecule has 1 heterocycles. The van der Waals surface area contributed by atoms with Gasteiger partial charge < -0.3 is 20.7 Å². The second kappa shape index (κ2) is 11.7. The normalized spacial score (nSPS) is 19.2. The zero-order valence-corrected chi connectivity index (χ0v) is 14.5. The van der Waals surface area contributed by atoms with Crippen LogP contribution in [0.25, 0.3) is 0 Å². The van der Waals surface area contributed by atoms with E-state index in [1.54, 1.807) is 11.8 Å². The number of unbranched alkanes of at least 4 members (excludes halogenated alkanes) is 1. The molecule has 2 unspecified atom stereocenters. The van der Waals surface area contributed by atoms with Crippen molar-refractivity contribution in [1.29, 1.82) is 0 Å². The van der Waals surface area contributed by atoms with Gasteiger partial charge in [-0.1, -0.05) is 13.3 Å². The molecule has 0 spiro atoms. The van der Waals surface area contributed by atoms with Crippen LogP contribution in [0.2, 0.25) is 0 Å². The third-order valence-corrected chi connectivity index (χ3v) is 3.76. The highest BCUT2D eigenvalue weighted by molar-refractivity contribution is 5.85. The molecule has 6 nitrogen and oxygen atoms in total. The molecule has 1 saturated heterocycles. The van der Waals surface area contributed by atoms with Gasteiger partial charge in [-0.15, -0.1) is 12.4 Å².